The van der Waals surface area contributed by atoms with E-state index in [-0.39, 0.29) is 5.15 Å². The molecule has 36 heavy (non-hydrogen) atoms. The van der Waals surface area contributed by atoms with Gasteiger partial charge in [-0.2, -0.15) is 0 Å². The number of hydrogen-bond donors (Lipinski definition) is 1. The van der Waals surface area contributed by atoms with Gasteiger partial charge in [0.2, 0.25) is 0 Å². The number of aromatic nitrogens is 2. The number of amides is 1. The number of imidazole rings is 1. The van der Waals surface area contributed by atoms with Crippen molar-refractivity contribution in [2.45, 2.75) is 13.5 Å². The third-order valence-electron chi connectivity index (χ3n) is 5.21. The molecule has 0 saturated carbocycles. The average molecular weight is 559 g/mol. The fourth-order valence-corrected chi connectivity index (χ4v) is 5.45. The summed E-state index contributed by atoms with van der Waals surface area (Å²) in [7, 11) is -3.98. The lowest BCUT2D eigenvalue weighted by atomic mass is 10.1. The highest BCUT2D eigenvalue weighted by Gasteiger charge is 2.15. The molecule has 0 unspecified atom stereocenters. The maximum Gasteiger partial charge on any atom is 0.257 e. The number of hydrogen-bond acceptors (Lipinski definition) is 5. The summed E-state index contributed by atoms with van der Waals surface area (Å²) in [4.78, 5) is 17.7. The summed E-state index contributed by atoms with van der Waals surface area (Å²) >= 11 is 14.5. The number of sulfonamides is 1. The number of carbonyl (C=O) groups excluding carboxylic acids is 1. The number of rotatable bonds is 8. The second kappa shape index (κ2) is 11.3. The number of thiophene rings is 1. The molecule has 0 bridgehead atoms. The van der Waals surface area contributed by atoms with Gasteiger partial charge >= 0.3 is 0 Å². The minimum Gasteiger partial charge on any atom is -0.323 e. The molecule has 0 aliphatic rings. The maximum atomic E-state index is 12.3. The lowest BCUT2D eigenvalue weighted by molar-refractivity contribution is -0.114. The number of nitrogens with one attached hydrogen (secondary N) is 1. The van der Waals surface area contributed by atoms with Gasteiger partial charge in [-0.05, 0) is 53.3 Å². The molecule has 0 spiro atoms. The topological polar surface area (TPSA) is 81.1 Å². The van der Waals surface area contributed by atoms with E-state index in [2.05, 4.69) is 4.98 Å². The van der Waals surface area contributed by atoms with Crippen molar-refractivity contribution in [3.63, 3.8) is 0 Å². The Morgan fingerprint density at radius 1 is 1.08 bits per heavy atom. The van der Waals surface area contributed by atoms with Crippen molar-refractivity contribution in [2.24, 2.45) is 0 Å². The molecule has 0 saturated heterocycles. The monoisotopic (exact) mass is 557 g/mol. The van der Waals surface area contributed by atoms with Gasteiger partial charge in [0.25, 0.3) is 15.9 Å². The molecule has 1 N–H and O–H groups in total. The molecule has 2 aromatic carbocycles. The van der Waals surface area contributed by atoms with Crippen molar-refractivity contribution in [1.29, 1.82) is 0 Å². The average Bonchev–Trinajstić information content (AvgIpc) is 3.47. The number of aryl methyl sites for hydroxylation is 1. The molecule has 0 atom stereocenters. The van der Waals surface area contributed by atoms with E-state index in [1.807, 2.05) is 51.1 Å². The molecule has 2 heterocycles. The van der Waals surface area contributed by atoms with Gasteiger partial charge in [-0.3, -0.25) is 4.79 Å². The minimum atomic E-state index is -3.98. The Kier molecular flexibility index (Phi) is 8.11. The molecule has 4 rings (SSSR count). The van der Waals surface area contributed by atoms with Crippen molar-refractivity contribution >= 4 is 62.6 Å². The van der Waals surface area contributed by atoms with Crippen LogP contribution in [0.4, 0.5) is 0 Å². The first-order valence-electron chi connectivity index (χ1n) is 10.7. The first-order chi connectivity index (χ1) is 17.2. The van der Waals surface area contributed by atoms with Gasteiger partial charge in [0.15, 0.2) is 5.15 Å². The standard InChI is InChI=1S/C26H21Cl2N3O3S2/c1-18-29-26(28)23(11-12-25(32)30-36(33,34)15-13-19-6-3-2-4-7-19)31(18)17-21-10-9-20(16-22(21)27)24-8-5-14-35-24/h2-16H,17H2,1H3,(H,30,32)/b12-11+,15-13+. The molecule has 0 aliphatic carbocycles. The Balaban J connectivity index is 1.49. The summed E-state index contributed by atoms with van der Waals surface area (Å²) in [6.07, 6.45) is 3.94. The SMILES string of the molecule is Cc1nc(Cl)c(/C=C/C(=O)NS(=O)(=O)/C=C/c2ccccc2)n1Cc1ccc(-c2cccs2)cc1Cl. The zero-order valence-electron chi connectivity index (χ0n) is 19.1. The Morgan fingerprint density at radius 3 is 2.56 bits per heavy atom. The van der Waals surface area contributed by atoms with Crippen LogP contribution in [0.5, 0.6) is 0 Å². The molecule has 0 aliphatic heterocycles. The zero-order valence-corrected chi connectivity index (χ0v) is 22.2. The van der Waals surface area contributed by atoms with Crippen LogP contribution in [0.3, 0.4) is 0 Å². The van der Waals surface area contributed by atoms with Gasteiger partial charge in [-0.1, -0.05) is 71.7 Å². The van der Waals surface area contributed by atoms with E-state index in [0.717, 1.165) is 27.5 Å². The van der Waals surface area contributed by atoms with Gasteiger partial charge in [-0.15, -0.1) is 11.3 Å². The second-order valence-corrected chi connectivity index (χ2v) is 11.0. The molecule has 184 valence electrons. The van der Waals surface area contributed by atoms with Gasteiger partial charge in [-0.25, -0.2) is 18.1 Å². The van der Waals surface area contributed by atoms with E-state index in [1.54, 1.807) is 42.5 Å². The zero-order chi connectivity index (χ0) is 25.7. The molecule has 10 heteroatoms. The molecule has 1 amide bonds. The summed E-state index contributed by atoms with van der Waals surface area (Å²) in [5.74, 6) is -0.190. The van der Waals surface area contributed by atoms with Crippen LogP contribution in [0.15, 0.2) is 77.5 Å². The van der Waals surface area contributed by atoms with Crippen molar-refractivity contribution < 1.29 is 13.2 Å². The molecular weight excluding hydrogens is 537 g/mol. The van der Waals surface area contributed by atoms with Crippen LogP contribution >= 0.6 is 34.5 Å². The van der Waals surface area contributed by atoms with E-state index >= 15 is 0 Å². The first kappa shape index (κ1) is 25.9. The molecule has 4 aromatic rings. The summed E-state index contributed by atoms with van der Waals surface area (Å²) in [6, 6.07) is 18.8. The Morgan fingerprint density at radius 2 is 1.86 bits per heavy atom. The smallest absolute Gasteiger partial charge is 0.257 e. The van der Waals surface area contributed by atoms with Gasteiger partial charge in [0.1, 0.15) is 5.82 Å². The van der Waals surface area contributed by atoms with E-state index in [4.69, 9.17) is 23.2 Å². The third kappa shape index (κ3) is 6.53. The fourth-order valence-electron chi connectivity index (χ4n) is 3.44. The summed E-state index contributed by atoms with van der Waals surface area (Å²) in [5.41, 5.74) is 3.03. The second-order valence-electron chi connectivity index (χ2n) is 7.76. The highest BCUT2D eigenvalue weighted by molar-refractivity contribution is 7.93. The van der Waals surface area contributed by atoms with Gasteiger partial charge < -0.3 is 4.57 Å². The predicted octanol–water partition coefficient (Wildman–Crippen LogP) is 6.41. The Hall–Kier alpha value is -3.17. The van der Waals surface area contributed by atoms with E-state index in [0.29, 0.717) is 28.6 Å². The van der Waals surface area contributed by atoms with Crippen molar-refractivity contribution in [3.8, 4) is 10.4 Å². The number of benzene rings is 2. The van der Waals surface area contributed by atoms with Crippen molar-refractivity contribution in [1.82, 2.24) is 14.3 Å². The number of nitrogens with zero attached hydrogens (tertiary/aromatic N) is 2. The molecule has 0 radical (unpaired) electrons. The van der Waals surface area contributed by atoms with Crippen LogP contribution in [-0.2, 0) is 21.4 Å². The third-order valence-corrected chi connectivity index (χ3v) is 7.74. The lowest BCUT2D eigenvalue weighted by Gasteiger charge is -2.11. The first-order valence-corrected chi connectivity index (χ1v) is 13.9. The number of carbonyl (C=O) groups is 1. The van der Waals surface area contributed by atoms with Crippen molar-refractivity contribution in [3.05, 3.63) is 110 Å². The van der Waals surface area contributed by atoms with Crippen LogP contribution in [0, 0.1) is 6.92 Å². The normalized spacial score (nSPS) is 12.0. The van der Waals surface area contributed by atoms with Crippen LogP contribution < -0.4 is 4.72 Å². The quantitative estimate of drug-likeness (QED) is 0.254. The Labute approximate surface area is 223 Å². The largest absolute Gasteiger partial charge is 0.323 e. The van der Waals surface area contributed by atoms with E-state index < -0.39 is 15.9 Å². The molecule has 2 aromatic heterocycles. The highest BCUT2D eigenvalue weighted by atomic mass is 35.5. The number of halogens is 2. The van der Waals surface area contributed by atoms with Crippen LogP contribution in [0.2, 0.25) is 10.2 Å². The maximum absolute atomic E-state index is 12.3. The Bertz CT molecular complexity index is 1540. The minimum absolute atomic E-state index is 0.190. The summed E-state index contributed by atoms with van der Waals surface area (Å²) < 4.78 is 28.3. The van der Waals surface area contributed by atoms with Crippen molar-refractivity contribution in [2.75, 3.05) is 0 Å². The lowest BCUT2D eigenvalue weighted by Crippen LogP contribution is -2.26. The van der Waals surface area contributed by atoms with Crippen LogP contribution in [-0.4, -0.2) is 23.9 Å². The van der Waals surface area contributed by atoms with Gasteiger partial charge in [0, 0.05) is 16.0 Å². The van der Waals surface area contributed by atoms with Crippen LogP contribution in [0.1, 0.15) is 22.6 Å². The predicted molar refractivity (Wildman–Crippen MR) is 147 cm³/mol. The highest BCUT2D eigenvalue weighted by Crippen LogP contribution is 2.30. The summed E-state index contributed by atoms with van der Waals surface area (Å²) in [6.45, 7) is 2.16. The fraction of sp³-hybridized carbons (Fsp3) is 0.0769. The molecule has 0 fully saturated rings. The van der Waals surface area contributed by atoms with Gasteiger partial charge in [0.05, 0.1) is 17.6 Å². The van der Waals surface area contributed by atoms with Crippen LogP contribution in [0.25, 0.3) is 22.6 Å². The summed E-state index contributed by atoms with van der Waals surface area (Å²) in [5, 5.41) is 3.73. The van der Waals surface area contributed by atoms with E-state index in [9.17, 15) is 13.2 Å². The molecular formula is C26H21Cl2N3O3S2. The molecule has 6 nitrogen and oxygen atoms in total. The van der Waals surface area contributed by atoms with E-state index in [1.165, 1.54) is 12.2 Å².